The van der Waals surface area contributed by atoms with Crippen molar-refractivity contribution in [3.63, 3.8) is 0 Å². The van der Waals surface area contributed by atoms with Crippen LogP contribution < -0.4 is 5.32 Å². The van der Waals surface area contributed by atoms with E-state index in [1.807, 2.05) is 24.3 Å². The fraction of sp³-hybridized carbons (Fsp3) is 0.235. The minimum Gasteiger partial charge on any atom is -0.358 e. The molecule has 3 rings (SSSR count). The molecule has 0 saturated heterocycles. The second-order valence-corrected chi connectivity index (χ2v) is 7.50. The third kappa shape index (κ3) is 2.92. The molecule has 1 aliphatic rings. The first-order chi connectivity index (χ1) is 11.4. The Labute approximate surface area is 140 Å². The highest BCUT2D eigenvalue weighted by molar-refractivity contribution is 7.89. The molecule has 0 aromatic heterocycles. The van der Waals surface area contributed by atoms with Crippen LogP contribution in [0.4, 0.5) is 4.39 Å². The first kappa shape index (κ1) is 16.6. The van der Waals surface area contributed by atoms with E-state index in [4.69, 9.17) is 0 Å². The fourth-order valence-corrected chi connectivity index (χ4v) is 4.50. The van der Waals surface area contributed by atoms with E-state index in [9.17, 15) is 17.6 Å². The van der Waals surface area contributed by atoms with E-state index in [1.165, 1.54) is 25.2 Å². The van der Waals surface area contributed by atoms with E-state index >= 15 is 0 Å². The summed E-state index contributed by atoms with van der Waals surface area (Å²) in [6.45, 7) is 0.0765. The topological polar surface area (TPSA) is 66.5 Å². The normalized spacial score (nSPS) is 18.0. The molecular weight excluding hydrogens is 331 g/mol. The largest absolute Gasteiger partial charge is 0.358 e. The second-order valence-electron chi connectivity index (χ2n) is 5.61. The van der Waals surface area contributed by atoms with Crippen molar-refractivity contribution in [3.05, 3.63) is 65.5 Å². The molecule has 0 radical (unpaired) electrons. The van der Waals surface area contributed by atoms with Crippen molar-refractivity contribution in [2.24, 2.45) is 0 Å². The molecule has 0 saturated carbocycles. The minimum atomic E-state index is -4.00. The van der Waals surface area contributed by atoms with Gasteiger partial charge in [0.05, 0.1) is 4.90 Å². The van der Waals surface area contributed by atoms with E-state index in [-0.39, 0.29) is 23.8 Å². The molecule has 1 heterocycles. The Morgan fingerprint density at radius 2 is 1.88 bits per heavy atom. The van der Waals surface area contributed by atoms with Crippen molar-refractivity contribution in [2.45, 2.75) is 23.9 Å². The number of amides is 1. The second kappa shape index (κ2) is 6.33. The van der Waals surface area contributed by atoms with Crippen molar-refractivity contribution >= 4 is 15.9 Å². The molecule has 1 unspecified atom stereocenters. The molecule has 1 aliphatic heterocycles. The van der Waals surface area contributed by atoms with Gasteiger partial charge in [-0.2, -0.15) is 4.31 Å². The third-order valence-corrected chi connectivity index (χ3v) is 6.01. The minimum absolute atomic E-state index is 0.0765. The molecule has 7 heteroatoms. The fourth-order valence-electron chi connectivity index (χ4n) is 2.90. The van der Waals surface area contributed by atoms with Gasteiger partial charge in [-0.25, -0.2) is 12.8 Å². The molecule has 0 aliphatic carbocycles. The molecule has 5 nitrogen and oxygen atoms in total. The zero-order chi connectivity index (χ0) is 17.3. The number of fused-ring (bicyclic) bond motifs is 1. The van der Waals surface area contributed by atoms with Crippen LogP contribution in [0.1, 0.15) is 11.1 Å². The third-order valence-electron chi connectivity index (χ3n) is 4.16. The zero-order valence-corrected chi connectivity index (χ0v) is 13.9. The van der Waals surface area contributed by atoms with Crippen LogP contribution in [0.25, 0.3) is 0 Å². The Balaban J connectivity index is 2.07. The number of carbonyl (C=O) groups excluding carboxylic acids is 1. The number of hydrogen-bond acceptors (Lipinski definition) is 3. The van der Waals surface area contributed by atoms with Gasteiger partial charge in [0.25, 0.3) is 0 Å². The lowest BCUT2D eigenvalue weighted by Gasteiger charge is -2.34. The van der Waals surface area contributed by atoms with Gasteiger partial charge in [0.1, 0.15) is 11.9 Å². The number of carbonyl (C=O) groups is 1. The van der Waals surface area contributed by atoms with E-state index in [0.29, 0.717) is 0 Å². The van der Waals surface area contributed by atoms with Crippen LogP contribution in [0, 0.1) is 5.82 Å². The Hall–Kier alpha value is -2.25. The average Bonchev–Trinajstić information content (AvgIpc) is 2.60. The molecule has 2 aromatic rings. The Morgan fingerprint density at radius 1 is 1.17 bits per heavy atom. The quantitative estimate of drug-likeness (QED) is 0.918. The van der Waals surface area contributed by atoms with Crippen molar-refractivity contribution in [3.8, 4) is 0 Å². The van der Waals surface area contributed by atoms with Crippen LogP contribution in [-0.4, -0.2) is 31.7 Å². The molecule has 0 bridgehead atoms. The molecular formula is C17H17FN2O3S. The van der Waals surface area contributed by atoms with Gasteiger partial charge < -0.3 is 5.32 Å². The van der Waals surface area contributed by atoms with Crippen molar-refractivity contribution in [2.75, 3.05) is 7.05 Å². The Bertz CT molecular complexity index is 883. The van der Waals surface area contributed by atoms with Crippen LogP contribution in [0.3, 0.4) is 0 Å². The lowest BCUT2D eigenvalue weighted by Crippen LogP contribution is -2.51. The first-order valence-electron chi connectivity index (χ1n) is 7.49. The van der Waals surface area contributed by atoms with Crippen LogP contribution >= 0.6 is 0 Å². The number of hydrogen-bond donors (Lipinski definition) is 1. The summed E-state index contributed by atoms with van der Waals surface area (Å²) in [7, 11) is -2.53. The number of benzene rings is 2. The summed E-state index contributed by atoms with van der Waals surface area (Å²) >= 11 is 0. The van der Waals surface area contributed by atoms with Gasteiger partial charge in [-0.05, 0) is 35.7 Å². The lowest BCUT2D eigenvalue weighted by atomic mass is 9.95. The summed E-state index contributed by atoms with van der Waals surface area (Å²) in [6, 6.07) is 11.4. The predicted octanol–water partition coefficient (Wildman–Crippen LogP) is 1.69. The van der Waals surface area contributed by atoms with E-state index in [1.54, 1.807) is 0 Å². The van der Waals surface area contributed by atoms with Gasteiger partial charge >= 0.3 is 0 Å². The number of nitrogens with zero attached hydrogens (tertiary/aromatic N) is 1. The summed E-state index contributed by atoms with van der Waals surface area (Å²) in [4.78, 5) is 12.1. The van der Waals surface area contributed by atoms with Gasteiger partial charge in [-0.15, -0.1) is 0 Å². The molecule has 1 N–H and O–H groups in total. The summed E-state index contributed by atoms with van der Waals surface area (Å²) in [5, 5.41) is 2.51. The first-order valence-corrected chi connectivity index (χ1v) is 8.93. The SMILES string of the molecule is CNC(=O)C1Cc2ccccc2CN1S(=O)(=O)c1cccc(F)c1. The highest BCUT2D eigenvalue weighted by atomic mass is 32.2. The molecule has 0 fully saturated rings. The number of nitrogens with one attached hydrogen (secondary N) is 1. The number of sulfonamides is 1. The van der Waals surface area contributed by atoms with Crippen LogP contribution in [0.5, 0.6) is 0 Å². The van der Waals surface area contributed by atoms with E-state index < -0.39 is 21.9 Å². The molecule has 2 aromatic carbocycles. The summed E-state index contributed by atoms with van der Waals surface area (Å²) < 4.78 is 40.5. The maximum Gasteiger partial charge on any atom is 0.244 e. The lowest BCUT2D eigenvalue weighted by molar-refractivity contribution is -0.124. The maximum absolute atomic E-state index is 13.5. The van der Waals surface area contributed by atoms with Crippen molar-refractivity contribution < 1.29 is 17.6 Å². The molecule has 24 heavy (non-hydrogen) atoms. The molecule has 1 amide bonds. The summed E-state index contributed by atoms with van der Waals surface area (Å²) in [5.41, 5.74) is 1.79. The van der Waals surface area contributed by atoms with Gasteiger partial charge in [0.2, 0.25) is 15.9 Å². The number of halogens is 1. The zero-order valence-electron chi connectivity index (χ0n) is 13.1. The molecule has 126 valence electrons. The van der Waals surface area contributed by atoms with Crippen LogP contribution in [0.2, 0.25) is 0 Å². The average molecular weight is 348 g/mol. The number of rotatable bonds is 3. The van der Waals surface area contributed by atoms with Crippen molar-refractivity contribution in [1.29, 1.82) is 0 Å². The standard InChI is InChI=1S/C17H17FN2O3S/c1-19-17(21)16-9-12-5-2-3-6-13(12)11-20(16)24(22,23)15-8-4-7-14(18)10-15/h2-8,10,16H,9,11H2,1H3,(H,19,21). The Morgan fingerprint density at radius 3 is 2.54 bits per heavy atom. The van der Waals surface area contributed by atoms with Crippen LogP contribution in [0.15, 0.2) is 53.4 Å². The molecule has 0 spiro atoms. The van der Waals surface area contributed by atoms with E-state index in [2.05, 4.69) is 5.32 Å². The summed E-state index contributed by atoms with van der Waals surface area (Å²) in [5.74, 6) is -1.02. The number of likely N-dealkylation sites (N-methyl/N-ethyl adjacent to an activating group) is 1. The van der Waals surface area contributed by atoms with Crippen LogP contribution in [-0.2, 0) is 27.8 Å². The van der Waals surface area contributed by atoms with Gasteiger partial charge in [-0.1, -0.05) is 30.3 Å². The maximum atomic E-state index is 13.5. The highest BCUT2D eigenvalue weighted by Crippen LogP contribution is 2.29. The van der Waals surface area contributed by atoms with E-state index in [0.717, 1.165) is 21.5 Å². The monoisotopic (exact) mass is 348 g/mol. The smallest absolute Gasteiger partial charge is 0.244 e. The van der Waals surface area contributed by atoms with Gasteiger partial charge in [0, 0.05) is 13.6 Å². The van der Waals surface area contributed by atoms with Gasteiger partial charge in [-0.3, -0.25) is 4.79 Å². The van der Waals surface area contributed by atoms with Gasteiger partial charge in [0.15, 0.2) is 0 Å². The highest BCUT2D eigenvalue weighted by Gasteiger charge is 2.39. The Kier molecular flexibility index (Phi) is 4.38. The predicted molar refractivity (Wildman–Crippen MR) is 87.1 cm³/mol. The summed E-state index contributed by atoms with van der Waals surface area (Å²) in [6.07, 6.45) is 0.282. The molecule has 1 atom stereocenters. The van der Waals surface area contributed by atoms with Crippen molar-refractivity contribution in [1.82, 2.24) is 9.62 Å².